The Hall–Kier alpha value is -3.94. The number of hydrogen-bond acceptors (Lipinski definition) is 0. The van der Waals surface area contributed by atoms with Gasteiger partial charge in [-0.1, -0.05) is 30.3 Å². The fourth-order valence-electron chi connectivity index (χ4n) is 4.23. The highest BCUT2D eigenvalue weighted by Crippen LogP contribution is 2.47. The normalized spacial score (nSPS) is 11.5. The van der Waals surface area contributed by atoms with Crippen LogP contribution < -0.4 is 0 Å². The second kappa shape index (κ2) is 7.83. The minimum atomic E-state index is -1.80. The summed E-state index contributed by atoms with van der Waals surface area (Å²) in [6, 6.07) is 9.69. The molecule has 0 aromatic heterocycles. The van der Waals surface area contributed by atoms with E-state index in [-0.39, 0.29) is 28.0 Å². The summed E-state index contributed by atoms with van der Waals surface area (Å²) in [7, 11) is 0. The van der Waals surface area contributed by atoms with Crippen LogP contribution in [0.2, 0.25) is 0 Å². The Labute approximate surface area is 186 Å². The first-order chi connectivity index (χ1) is 16.2. The Bertz CT molecular complexity index is 1610. The van der Waals surface area contributed by atoms with Crippen molar-refractivity contribution in [3.8, 4) is 22.3 Å². The average molecular weight is 474 g/mol. The number of halogens is 8. The summed E-state index contributed by atoms with van der Waals surface area (Å²) in [5, 5.41) is -1.24. The van der Waals surface area contributed by atoms with Crippen LogP contribution in [-0.2, 0) is 0 Å². The minimum Gasteiger partial charge on any atom is -0.206 e. The van der Waals surface area contributed by atoms with Crippen LogP contribution in [0.4, 0.5) is 35.1 Å². The Morgan fingerprint density at radius 1 is 0.382 bits per heavy atom. The van der Waals surface area contributed by atoms with Crippen molar-refractivity contribution < 1.29 is 35.1 Å². The fraction of sp³-hybridized carbons (Fsp3) is 0. The van der Waals surface area contributed by atoms with Gasteiger partial charge in [0.15, 0.2) is 34.9 Å². The van der Waals surface area contributed by atoms with Gasteiger partial charge in [0.25, 0.3) is 0 Å². The van der Waals surface area contributed by atoms with Gasteiger partial charge >= 0.3 is 0 Å². The predicted molar refractivity (Wildman–Crippen MR) is 112 cm³/mol. The molecule has 34 heavy (non-hydrogen) atoms. The van der Waals surface area contributed by atoms with Crippen molar-refractivity contribution >= 4 is 21.5 Å². The van der Waals surface area contributed by atoms with E-state index >= 15 is 8.78 Å². The van der Waals surface area contributed by atoms with E-state index in [1.807, 2.05) is 0 Å². The maximum absolute atomic E-state index is 15.2. The zero-order valence-electron chi connectivity index (χ0n) is 16.8. The zero-order valence-corrected chi connectivity index (χ0v) is 16.8. The average Bonchev–Trinajstić information content (AvgIpc) is 2.81. The standard InChI is InChI=1S/C26H10F8/c27-14-6-5-11(9-17(14)30)20-12-3-1-2-4-13(12)21(23-16(29)8-7-15(28)22(20)23)24-25(33)18(31)10-19(32)26(24)34/h1-10H. The third-order valence-corrected chi connectivity index (χ3v) is 5.64. The van der Waals surface area contributed by atoms with Crippen molar-refractivity contribution in [2.45, 2.75) is 0 Å². The molecule has 0 spiro atoms. The summed E-state index contributed by atoms with van der Waals surface area (Å²) >= 11 is 0. The van der Waals surface area contributed by atoms with E-state index in [4.69, 9.17) is 0 Å². The van der Waals surface area contributed by atoms with Crippen molar-refractivity contribution in [1.29, 1.82) is 0 Å². The van der Waals surface area contributed by atoms with Gasteiger partial charge in [0.2, 0.25) is 0 Å². The molecule has 0 aliphatic rings. The first-order valence-electron chi connectivity index (χ1n) is 9.82. The van der Waals surface area contributed by atoms with E-state index in [0.29, 0.717) is 6.07 Å². The molecule has 0 aliphatic carbocycles. The first kappa shape index (κ1) is 21.9. The van der Waals surface area contributed by atoms with Crippen LogP contribution in [0.1, 0.15) is 0 Å². The molecule has 5 aromatic carbocycles. The molecule has 8 heteroatoms. The van der Waals surface area contributed by atoms with Crippen LogP contribution in [-0.4, -0.2) is 0 Å². The van der Waals surface area contributed by atoms with Crippen LogP contribution in [0.15, 0.2) is 60.7 Å². The monoisotopic (exact) mass is 474 g/mol. The van der Waals surface area contributed by atoms with Gasteiger partial charge in [-0.05, 0) is 40.6 Å². The lowest BCUT2D eigenvalue weighted by Gasteiger charge is -2.19. The molecular weight excluding hydrogens is 464 g/mol. The molecule has 170 valence electrons. The Kier molecular flexibility index (Phi) is 5.04. The van der Waals surface area contributed by atoms with Gasteiger partial charge in [0, 0.05) is 28.0 Å². The molecule has 0 radical (unpaired) electrons. The highest BCUT2D eigenvalue weighted by atomic mass is 19.2. The predicted octanol–water partition coefficient (Wildman–Crippen LogP) is 8.44. The number of fused-ring (bicyclic) bond motifs is 2. The second-order valence-corrected chi connectivity index (χ2v) is 7.55. The molecule has 0 aliphatic heterocycles. The Morgan fingerprint density at radius 3 is 1.44 bits per heavy atom. The molecular formula is C26H10F8. The molecule has 0 bridgehead atoms. The largest absolute Gasteiger partial charge is 0.206 e. The van der Waals surface area contributed by atoms with Gasteiger partial charge < -0.3 is 0 Å². The SMILES string of the molecule is Fc1ccc(-c2c3ccccc3c(-c3c(F)c(F)cc(F)c3F)c3c(F)ccc(F)c23)cc1F. The zero-order chi connectivity index (χ0) is 24.3. The van der Waals surface area contributed by atoms with Gasteiger partial charge in [-0.15, -0.1) is 0 Å². The topological polar surface area (TPSA) is 0 Å². The molecule has 0 saturated heterocycles. The minimum absolute atomic E-state index is 0.00511. The van der Waals surface area contributed by atoms with E-state index < -0.39 is 68.4 Å². The Balaban J connectivity index is 2.10. The molecule has 0 atom stereocenters. The van der Waals surface area contributed by atoms with Crippen LogP contribution in [0, 0.1) is 46.5 Å². The van der Waals surface area contributed by atoms with Gasteiger partial charge in [0.05, 0.1) is 5.56 Å². The molecule has 0 nitrogen and oxygen atoms in total. The summed E-state index contributed by atoms with van der Waals surface area (Å²) in [4.78, 5) is 0. The summed E-state index contributed by atoms with van der Waals surface area (Å²) in [5.74, 6) is -11.7. The molecule has 0 saturated carbocycles. The van der Waals surface area contributed by atoms with Gasteiger partial charge in [-0.25, -0.2) is 35.1 Å². The highest BCUT2D eigenvalue weighted by Gasteiger charge is 2.28. The molecule has 5 rings (SSSR count). The van der Waals surface area contributed by atoms with E-state index in [0.717, 1.165) is 24.3 Å². The third kappa shape index (κ3) is 3.13. The van der Waals surface area contributed by atoms with Gasteiger partial charge in [-0.3, -0.25) is 0 Å². The van der Waals surface area contributed by atoms with Crippen LogP contribution in [0.3, 0.4) is 0 Å². The maximum Gasteiger partial charge on any atom is 0.169 e. The molecule has 0 unspecified atom stereocenters. The first-order valence-corrected chi connectivity index (χ1v) is 9.82. The molecule has 5 aromatic rings. The molecule has 0 heterocycles. The summed E-state index contributed by atoms with van der Waals surface area (Å²) in [6.45, 7) is 0. The molecule has 0 fully saturated rings. The maximum atomic E-state index is 15.2. The van der Waals surface area contributed by atoms with Crippen molar-refractivity contribution in [3.63, 3.8) is 0 Å². The molecule has 0 amide bonds. The summed E-state index contributed by atoms with van der Waals surface area (Å²) in [5.41, 5.74) is -1.99. The van der Waals surface area contributed by atoms with Crippen molar-refractivity contribution in [2.75, 3.05) is 0 Å². The van der Waals surface area contributed by atoms with Crippen LogP contribution in [0.5, 0.6) is 0 Å². The van der Waals surface area contributed by atoms with E-state index in [9.17, 15) is 26.3 Å². The van der Waals surface area contributed by atoms with E-state index in [1.165, 1.54) is 24.3 Å². The molecule has 0 N–H and O–H groups in total. The fourth-order valence-corrected chi connectivity index (χ4v) is 4.23. The van der Waals surface area contributed by atoms with Crippen LogP contribution in [0.25, 0.3) is 43.8 Å². The van der Waals surface area contributed by atoms with Crippen molar-refractivity contribution in [1.82, 2.24) is 0 Å². The number of hydrogen-bond donors (Lipinski definition) is 0. The second-order valence-electron chi connectivity index (χ2n) is 7.55. The number of benzene rings is 5. The Morgan fingerprint density at radius 2 is 0.882 bits per heavy atom. The summed E-state index contributed by atoms with van der Waals surface area (Å²) in [6.07, 6.45) is 0. The smallest absolute Gasteiger partial charge is 0.169 e. The third-order valence-electron chi connectivity index (χ3n) is 5.64. The van der Waals surface area contributed by atoms with Gasteiger partial charge in [-0.2, -0.15) is 0 Å². The van der Waals surface area contributed by atoms with Crippen LogP contribution >= 0.6 is 0 Å². The van der Waals surface area contributed by atoms with E-state index in [2.05, 4.69) is 0 Å². The van der Waals surface area contributed by atoms with E-state index in [1.54, 1.807) is 0 Å². The quantitative estimate of drug-likeness (QED) is 0.137. The number of rotatable bonds is 2. The lowest BCUT2D eigenvalue weighted by Crippen LogP contribution is -2.02. The lowest BCUT2D eigenvalue weighted by molar-refractivity contribution is 0.458. The summed E-state index contributed by atoms with van der Waals surface area (Å²) < 4.78 is 116. The lowest BCUT2D eigenvalue weighted by atomic mass is 9.85. The highest BCUT2D eigenvalue weighted by molar-refractivity contribution is 6.21. The van der Waals surface area contributed by atoms with Gasteiger partial charge in [0.1, 0.15) is 11.6 Å². The van der Waals surface area contributed by atoms with Crippen molar-refractivity contribution in [3.05, 3.63) is 107 Å². The van der Waals surface area contributed by atoms with Crippen molar-refractivity contribution in [2.24, 2.45) is 0 Å².